The zero-order valence-electron chi connectivity index (χ0n) is 22.4. The van der Waals surface area contributed by atoms with Gasteiger partial charge in [0.2, 0.25) is 5.95 Å². The molecule has 7 heterocycles. The van der Waals surface area contributed by atoms with Crippen LogP contribution in [0.5, 0.6) is 0 Å². The molecular formula is C20H24N10O9P2S4. The standard InChI is InChI=1S/C20H24N10O9P2S4/c21-14-8-15(24-3-23-14)29(4-25-8)18-11(32)12-7(45-18)2-37-41(35,43)39-13-10(31)6(1-36-40(34,42)38-12)44-19(13)30-5-26-9-16(30)27-20(22)28-17(9)33/h3-7,10-13,18-19,31-32H,1-2H2,(H,34,42)(H,35,43)(H2,21,23,24)(H3,22,27,28,33)/t6-,7-,10?,11?,12?,13?,18-,19-,40?,41?/m1/s1. The lowest BCUT2D eigenvalue weighted by atomic mass is 10.1. The van der Waals surface area contributed by atoms with E-state index in [2.05, 4.69) is 29.9 Å². The number of nitrogens with two attached hydrogens (primary N) is 2. The van der Waals surface area contributed by atoms with Crippen molar-refractivity contribution < 1.29 is 38.1 Å². The third kappa shape index (κ3) is 5.82. The molecule has 25 heteroatoms. The summed E-state index contributed by atoms with van der Waals surface area (Å²) >= 11 is 12.9. The van der Waals surface area contributed by atoms with Gasteiger partial charge in [0.05, 0.1) is 42.5 Å². The van der Waals surface area contributed by atoms with Crippen LogP contribution in [0.3, 0.4) is 0 Å². The number of aromatic nitrogens is 8. The maximum atomic E-state index is 12.4. The van der Waals surface area contributed by atoms with Crippen molar-refractivity contribution in [3.63, 3.8) is 0 Å². The average Bonchev–Trinajstić information content (AvgIpc) is 3.72. The molecule has 45 heavy (non-hydrogen) atoms. The normalized spacial score (nSPS) is 37.7. The molecule has 3 saturated heterocycles. The minimum Gasteiger partial charge on any atom is -0.389 e. The van der Waals surface area contributed by atoms with Crippen LogP contribution >= 0.6 is 37.0 Å². The van der Waals surface area contributed by atoms with Crippen molar-refractivity contribution >= 4 is 94.7 Å². The summed E-state index contributed by atoms with van der Waals surface area (Å²) in [6.45, 7) is -8.78. The van der Waals surface area contributed by atoms with Crippen molar-refractivity contribution in [2.75, 3.05) is 24.7 Å². The maximum absolute atomic E-state index is 12.4. The number of fused-ring (bicyclic) bond motifs is 5. The molecule has 3 fully saturated rings. The van der Waals surface area contributed by atoms with Crippen LogP contribution in [0.15, 0.2) is 23.8 Å². The fraction of sp³-hybridized carbons (Fsp3) is 0.500. The van der Waals surface area contributed by atoms with Crippen molar-refractivity contribution in [1.82, 2.24) is 39.0 Å². The molecule has 3 aliphatic rings. The highest BCUT2D eigenvalue weighted by molar-refractivity contribution is 8.07. The number of hydrogen-bond donors (Lipinski definition) is 7. The van der Waals surface area contributed by atoms with Crippen LogP contribution in [0.2, 0.25) is 0 Å². The molecule has 0 aliphatic carbocycles. The number of nitrogens with zero attached hydrogens (tertiary/aromatic N) is 7. The molecule has 9 N–H and O–H groups in total. The molecule has 2 bridgehead atoms. The Bertz CT molecular complexity index is 1950. The molecule has 3 aliphatic heterocycles. The number of aromatic amines is 1. The Morgan fingerprint density at radius 1 is 0.867 bits per heavy atom. The van der Waals surface area contributed by atoms with Crippen LogP contribution in [-0.4, -0.2) is 107 Å². The zero-order chi connectivity index (χ0) is 31.8. The first-order valence-electron chi connectivity index (χ1n) is 13.0. The monoisotopic (exact) mass is 738 g/mol. The Balaban J connectivity index is 1.21. The summed E-state index contributed by atoms with van der Waals surface area (Å²) in [6.07, 6.45) is -0.982. The number of thioether (sulfide) groups is 2. The van der Waals surface area contributed by atoms with E-state index >= 15 is 0 Å². The molecule has 0 spiro atoms. The van der Waals surface area contributed by atoms with Gasteiger partial charge in [-0.1, -0.05) is 0 Å². The van der Waals surface area contributed by atoms with E-state index in [0.717, 1.165) is 11.8 Å². The van der Waals surface area contributed by atoms with Crippen LogP contribution in [0.1, 0.15) is 10.7 Å². The number of aliphatic hydroxyl groups excluding tert-OH is 2. The third-order valence-corrected chi connectivity index (χ3v) is 13.5. The molecule has 4 aromatic rings. The van der Waals surface area contributed by atoms with E-state index in [1.807, 2.05) is 0 Å². The molecule has 0 amide bonds. The van der Waals surface area contributed by atoms with Crippen LogP contribution in [0.4, 0.5) is 11.8 Å². The number of aliphatic hydroxyl groups is 2. The lowest BCUT2D eigenvalue weighted by Crippen LogP contribution is -2.35. The molecular weight excluding hydrogens is 714 g/mol. The van der Waals surface area contributed by atoms with E-state index in [0.29, 0.717) is 11.2 Å². The van der Waals surface area contributed by atoms with Crippen molar-refractivity contribution in [2.24, 2.45) is 0 Å². The summed E-state index contributed by atoms with van der Waals surface area (Å²) < 4.78 is 26.2. The largest absolute Gasteiger partial charge is 0.389 e. The molecule has 10 atom stereocenters. The minimum absolute atomic E-state index is 0.0108. The lowest BCUT2D eigenvalue weighted by Gasteiger charge is -2.28. The average molecular weight is 739 g/mol. The smallest absolute Gasteiger partial charge is 0.325 e. The van der Waals surface area contributed by atoms with Crippen molar-refractivity contribution in [2.45, 2.75) is 45.7 Å². The van der Waals surface area contributed by atoms with Crippen LogP contribution in [-0.2, 0) is 41.7 Å². The van der Waals surface area contributed by atoms with Gasteiger partial charge in [0.15, 0.2) is 22.6 Å². The van der Waals surface area contributed by atoms with Gasteiger partial charge in [-0.15, -0.1) is 23.5 Å². The first-order valence-corrected chi connectivity index (χ1v) is 20.0. The van der Waals surface area contributed by atoms with Crippen molar-refractivity contribution in [3.05, 3.63) is 29.3 Å². The van der Waals surface area contributed by atoms with Gasteiger partial charge in [-0.25, -0.2) is 19.9 Å². The summed E-state index contributed by atoms with van der Waals surface area (Å²) in [7, 11) is 0. The van der Waals surface area contributed by atoms with E-state index in [4.69, 9.17) is 53.2 Å². The number of nitrogens with one attached hydrogen (secondary N) is 1. The summed E-state index contributed by atoms with van der Waals surface area (Å²) in [5, 5.41) is 19.5. The Morgan fingerprint density at radius 3 is 2.22 bits per heavy atom. The lowest BCUT2D eigenvalue weighted by molar-refractivity contribution is 0.0152. The summed E-state index contributed by atoms with van der Waals surface area (Å²) in [5.74, 6) is -0.00628. The highest BCUT2D eigenvalue weighted by atomic mass is 32.5. The Labute approximate surface area is 270 Å². The molecule has 4 aromatic heterocycles. The second-order valence-corrected chi connectivity index (χ2v) is 18.4. The summed E-state index contributed by atoms with van der Waals surface area (Å²) in [5.41, 5.74) is 11.9. The topological polar surface area (TPSA) is 277 Å². The van der Waals surface area contributed by atoms with Crippen LogP contribution < -0.4 is 17.0 Å². The highest BCUT2D eigenvalue weighted by Crippen LogP contribution is 2.58. The van der Waals surface area contributed by atoms with E-state index in [-0.39, 0.29) is 36.1 Å². The zero-order valence-corrected chi connectivity index (χ0v) is 27.5. The fourth-order valence-electron chi connectivity index (χ4n) is 5.30. The minimum atomic E-state index is -4.10. The second kappa shape index (κ2) is 11.7. The molecule has 242 valence electrons. The highest BCUT2D eigenvalue weighted by Gasteiger charge is 2.52. The molecule has 19 nitrogen and oxygen atoms in total. The predicted octanol–water partition coefficient (Wildman–Crippen LogP) is -0.676. The number of anilines is 2. The fourth-order valence-corrected chi connectivity index (χ4v) is 11.5. The number of hydrogen-bond acceptors (Lipinski definition) is 18. The first kappa shape index (κ1) is 31.8. The van der Waals surface area contributed by atoms with E-state index < -0.39 is 64.7 Å². The molecule has 0 radical (unpaired) electrons. The van der Waals surface area contributed by atoms with E-state index in [9.17, 15) is 24.8 Å². The van der Waals surface area contributed by atoms with Crippen molar-refractivity contribution in [3.8, 4) is 0 Å². The number of imidazole rings is 2. The first-order chi connectivity index (χ1) is 21.3. The number of nitrogen functional groups attached to an aromatic ring is 2. The Morgan fingerprint density at radius 2 is 1.49 bits per heavy atom. The summed E-state index contributed by atoms with van der Waals surface area (Å²) in [6, 6.07) is 0. The number of H-pyrrole nitrogens is 1. The third-order valence-electron chi connectivity index (χ3n) is 7.32. The van der Waals surface area contributed by atoms with Crippen LogP contribution in [0.25, 0.3) is 22.3 Å². The van der Waals surface area contributed by atoms with Gasteiger partial charge in [0.25, 0.3) is 5.56 Å². The van der Waals surface area contributed by atoms with Crippen LogP contribution in [0, 0.1) is 0 Å². The number of rotatable bonds is 2. The maximum Gasteiger partial charge on any atom is 0.325 e. The van der Waals surface area contributed by atoms with E-state index in [1.165, 1.54) is 35.3 Å². The molecule has 0 aromatic carbocycles. The molecule has 6 unspecified atom stereocenters. The van der Waals surface area contributed by atoms with Gasteiger partial charge in [-0.3, -0.25) is 23.4 Å². The Kier molecular flexibility index (Phi) is 8.26. The van der Waals surface area contributed by atoms with Gasteiger partial charge in [-0.2, -0.15) is 4.98 Å². The second-order valence-electron chi connectivity index (χ2n) is 10.1. The van der Waals surface area contributed by atoms with Gasteiger partial charge in [0, 0.05) is 0 Å². The predicted molar refractivity (Wildman–Crippen MR) is 170 cm³/mol. The van der Waals surface area contributed by atoms with Crippen molar-refractivity contribution in [1.29, 1.82) is 0 Å². The van der Waals surface area contributed by atoms with Gasteiger partial charge >= 0.3 is 13.4 Å². The van der Waals surface area contributed by atoms with Gasteiger partial charge in [0.1, 0.15) is 40.9 Å². The van der Waals surface area contributed by atoms with Gasteiger partial charge in [-0.05, 0) is 23.6 Å². The van der Waals surface area contributed by atoms with Gasteiger partial charge < -0.3 is 45.0 Å². The molecule has 7 rings (SSSR count). The SMILES string of the molecule is Nc1nc2c(ncn2[C@@H]2S[C@@H]3COP(O)(=S)OC4C(O)[C@H](n5cnc6c(N)ncnc65)S[C@@H]4COP(O)(=S)OC2C3O)c(=O)[nH]1. The quantitative estimate of drug-likeness (QED) is 0.126. The Hall–Kier alpha value is -1.82. The molecule has 0 saturated carbocycles. The summed E-state index contributed by atoms with van der Waals surface area (Å²) in [4.78, 5) is 57.7. The van der Waals surface area contributed by atoms with E-state index in [1.54, 1.807) is 4.57 Å².